The lowest BCUT2D eigenvalue weighted by molar-refractivity contribution is -0.661. The molecule has 1 aliphatic rings. The van der Waals surface area contributed by atoms with E-state index in [2.05, 4.69) is 95.8 Å². The Labute approximate surface area is 201 Å². The minimum absolute atomic E-state index is 0.0851. The Balaban J connectivity index is 1.79. The van der Waals surface area contributed by atoms with Gasteiger partial charge in [0, 0.05) is 27.8 Å². The summed E-state index contributed by atoms with van der Waals surface area (Å²) in [4.78, 5) is 4.91. The molecule has 0 saturated carbocycles. The molecule has 34 heavy (non-hydrogen) atoms. The molecule has 0 N–H and O–H groups in total. The summed E-state index contributed by atoms with van der Waals surface area (Å²) in [6.07, 6.45) is 4.60. The Morgan fingerprint density at radius 3 is 2.44 bits per heavy atom. The fraction of sp³-hybridized carbons (Fsp3) is 0.355. The molecule has 3 aromatic heterocycles. The van der Waals surface area contributed by atoms with Crippen molar-refractivity contribution in [2.75, 3.05) is 0 Å². The molecule has 0 bridgehead atoms. The van der Waals surface area contributed by atoms with Crippen LogP contribution in [-0.4, -0.2) is 4.98 Å². The molecule has 1 aliphatic carbocycles. The van der Waals surface area contributed by atoms with Gasteiger partial charge in [-0.2, -0.15) is 0 Å². The van der Waals surface area contributed by atoms with Crippen LogP contribution >= 0.6 is 0 Å². The minimum atomic E-state index is 0.0851. The second-order valence-electron chi connectivity index (χ2n) is 11.6. The standard InChI is InChI=1S/C31H33N2O/c1-18-16-19(2)25(27-26-22(12-15-33(27)7)30(3,4)13-14-31(26,5)6)28-24(18)21-17-20-10-8-9-11-23(20)32-29(21)34-28/h8-12,15-17H,13-14H2,1-7H3/q+1. The summed E-state index contributed by atoms with van der Waals surface area (Å²) >= 11 is 0. The van der Waals surface area contributed by atoms with Crippen molar-refractivity contribution < 1.29 is 8.98 Å². The Morgan fingerprint density at radius 2 is 1.65 bits per heavy atom. The fourth-order valence-corrected chi connectivity index (χ4v) is 6.22. The van der Waals surface area contributed by atoms with E-state index in [1.165, 1.54) is 51.7 Å². The summed E-state index contributed by atoms with van der Waals surface area (Å²) in [7, 11) is 2.17. The average Bonchev–Trinajstić information content (AvgIpc) is 3.14. The van der Waals surface area contributed by atoms with E-state index in [0.29, 0.717) is 0 Å². The van der Waals surface area contributed by atoms with E-state index in [4.69, 9.17) is 9.40 Å². The zero-order valence-corrected chi connectivity index (χ0v) is 21.3. The molecule has 5 aromatic rings. The van der Waals surface area contributed by atoms with Gasteiger partial charge in [-0.05, 0) is 66.3 Å². The van der Waals surface area contributed by atoms with Gasteiger partial charge in [-0.25, -0.2) is 9.55 Å². The van der Waals surface area contributed by atoms with Gasteiger partial charge in [0.1, 0.15) is 7.05 Å². The number of aromatic nitrogens is 2. The lowest BCUT2D eigenvalue weighted by atomic mass is 9.62. The Hall–Kier alpha value is -3.20. The van der Waals surface area contributed by atoms with Gasteiger partial charge in [0.05, 0.1) is 11.1 Å². The average molecular weight is 450 g/mol. The van der Waals surface area contributed by atoms with E-state index in [9.17, 15) is 0 Å². The van der Waals surface area contributed by atoms with E-state index >= 15 is 0 Å². The highest BCUT2D eigenvalue weighted by Gasteiger charge is 2.43. The summed E-state index contributed by atoms with van der Waals surface area (Å²) < 4.78 is 8.95. The highest BCUT2D eigenvalue weighted by molar-refractivity contribution is 6.13. The summed E-state index contributed by atoms with van der Waals surface area (Å²) in [5.41, 5.74) is 10.8. The molecule has 0 unspecified atom stereocenters. The molecule has 0 atom stereocenters. The molecule has 0 amide bonds. The summed E-state index contributed by atoms with van der Waals surface area (Å²) in [5, 5.41) is 3.42. The van der Waals surface area contributed by atoms with Gasteiger partial charge in [-0.15, -0.1) is 0 Å². The SMILES string of the molecule is Cc1cc(C)c2c(oc3nc4ccccc4cc32)c1-c1c2c(cc[n+]1C)C(C)(C)CCC2(C)C. The number of hydrogen-bond donors (Lipinski definition) is 0. The van der Waals surface area contributed by atoms with E-state index < -0.39 is 0 Å². The third-order valence-corrected chi connectivity index (χ3v) is 8.17. The van der Waals surface area contributed by atoms with Crippen LogP contribution in [0.1, 0.15) is 62.8 Å². The zero-order valence-electron chi connectivity index (χ0n) is 21.3. The van der Waals surface area contributed by atoms with Crippen molar-refractivity contribution in [3.63, 3.8) is 0 Å². The van der Waals surface area contributed by atoms with Gasteiger partial charge in [0.2, 0.25) is 11.4 Å². The van der Waals surface area contributed by atoms with Crippen molar-refractivity contribution in [2.45, 2.75) is 65.2 Å². The molecule has 2 aromatic carbocycles. The molecule has 3 heterocycles. The van der Waals surface area contributed by atoms with Crippen molar-refractivity contribution in [3.05, 3.63) is 70.9 Å². The molecular weight excluding hydrogens is 416 g/mol. The predicted octanol–water partition coefficient (Wildman–Crippen LogP) is 7.59. The van der Waals surface area contributed by atoms with Crippen LogP contribution in [-0.2, 0) is 17.9 Å². The number of pyridine rings is 2. The number of fused-ring (bicyclic) bond motifs is 5. The maximum atomic E-state index is 6.65. The van der Waals surface area contributed by atoms with Crippen molar-refractivity contribution in [1.29, 1.82) is 0 Å². The van der Waals surface area contributed by atoms with Crippen LogP contribution in [0.15, 0.2) is 53.1 Å². The van der Waals surface area contributed by atoms with Crippen LogP contribution in [0.25, 0.3) is 44.2 Å². The van der Waals surface area contributed by atoms with Crippen LogP contribution < -0.4 is 4.57 Å². The van der Waals surface area contributed by atoms with E-state index in [1.807, 2.05) is 6.07 Å². The van der Waals surface area contributed by atoms with Gasteiger partial charge < -0.3 is 4.42 Å². The Kier molecular flexibility index (Phi) is 4.34. The lowest BCUT2D eigenvalue weighted by Crippen LogP contribution is -2.41. The minimum Gasteiger partial charge on any atom is -0.437 e. The van der Waals surface area contributed by atoms with Gasteiger partial charge in [0.15, 0.2) is 11.8 Å². The van der Waals surface area contributed by atoms with Crippen LogP contribution in [0.4, 0.5) is 0 Å². The monoisotopic (exact) mass is 449 g/mol. The quantitative estimate of drug-likeness (QED) is 0.247. The maximum absolute atomic E-state index is 6.65. The molecule has 0 aliphatic heterocycles. The maximum Gasteiger partial charge on any atom is 0.227 e. The number of furan rings is 1. The molecule has 6 rings (SSSR count). The van der Waals surface area contributed by atoms with Crippen LogP contribution in [0.5, 0.6) is 0 Å². The molecule has 0 fully saturated rings. The Bertz CT molecular complexity index is 1640. The van der Waals surface area contributed by atoms with Crippen molar-refractivity contribution in [3.8, 4) is 11.3 Å². The number of nitrogens with zero attached hydrogens (tertiary/aromatic N) is 2. The molecule has 0 radical (unpaired) electrons. The van der Waals surface area contributed by atoms with E-state index in [1.54, 1.807) is 0 Å². The van der Waals surface area contributed by atoms with Gasteiger partial charge in [0.25, 0.3) is 0 Å². The van der Waals surface area contributed by atoms with Gasteiger partial charge in [-0.1, -0.05) is 52.0 Å². The van der Waals surface area contributed by atoms with Crippen LogP contribution in [0, 0.1) is 13.8 Å². The number of benzene rings is 2. The highest BCUT2D eigenvalue weighted by atomic mass is 16.3. The van der Waals surface area contributed by atoms with Crippen molar-refractivity contribution in [2.24, 2.45) is 7.05 Å². The molecule has 0 spiro atoms. The molecule has 172 valence electrons. The number of rotatable bonds is 1. The Morgan fingerprint density at radius 1 is 0.912 bits per heavy atom. The zero-order chi connectivity index (χ0) is 24.0. The highest BCUT2D eigenvalue weighted by Crippen LogP contribution is 2.50. The summed E-state index contributed by atoms with van der Waals surface area (Å²) in [5.74, 6) is 0. The van der Waals surface area contributed by atoms with E-state index in [0.717, 1.165) is 27.6 Å². The number of aryl methyl sites for hydroxylation is 3. The largest absolute Gasteiger partial charge is 0.437 e. The first kappa shape index (κ1) is 21.3. The third kappa shape index (κ3) is 2.89. The molecule has 3 heteroatoms. The number of hydrogen-bond acceptors (Lipinski definition) is 2. The first-order valence-electron chi connectivity index (χ1n) is 12.3. The van der Waals surface area contributed by atoms with Crippen LogP contribution in [0.2, 0.25) is 0 Å². The van der Waals surface area contributed by atoms with Gasteiger partial charge in [-0.3, -0.25) is 0 Å². The molecule has 0 saturated heterocycles. The second kappa shape index (κ2) is 6.91. The summed E-state index contributed by atoms with van der Waals surface area (Å²) in [6.45, 7) is 14.0. The normalized spacial score (nSPS) is 16.9. The number of para-hydroxylation sites is 1. The third-order valence-electron chi connectivity index (χ3n) is 8.17. The van der Waals surface area contributed by atoms with E-state index in [-0.39, 0.29) is 10.8 Å². The van der Waals surface area contributed by atoms with Crippen LogP contribution in [0.3, 0.4) is 0 Å². The second-order valence-corrected chi connectivity index (χ2v) is 11.6. The fourth-order valence-electron chi connectivity index (χ4n) is 6.22. The van der Waals surface area contributed by atoms with Crippen molar-refractivity contribution in [1.82, 2.24) is 4.98 Å². The van der Waals surface area contributed by atoms with Gasteiger partial charge >= 0.3 is 0 Å². The lowest BCUT2D eigenvalue weighted by Gasteiger charge is -2.41. The first-order chi connectivity index (χ1) is 16.1. The predicted molar refractivity (Wildman–Crippen MR) is 140 cm³/mol. The molecule has 3 nitrogen and oxygen atoms in total. The van der Waals surface area contributed by atoms with Crippen molar-refractivity contribution >= 4 is 33.0 Å². The summed E-state index contributed by atoms with van der Waals surface area (Å²) in [6, 6.07) is 15.2. The molecular formula is C31H33N2O+. The topological polar surface area (TPSA) is 29.9 Å². The first-order valence-corrected chi connectivity index (χ1v) is 12.3. The smallest absolute Gasteiger partial charge is 0.227 e.